The lowest BCUT2D eigenvalue weighted by atomic mass is 9.82. The minimum absolute atomic E-state index is 0.0990. The van der Waals surface area contributed by atoms with Gasteiger partial charge in [0.05, 0.1) is 36.3 Å². The fourth-order valence-corrected chi connectivity index (χ4v) is 9.90. The van der Waals surface area contributed by atoms with Gasteiger partial charge in [0, 0.05) is 63.4 Å². The van der Waals surface area contributed by atoms with Gasteiger partial charge in [-0.15, -0.1) is 0 Å². The molecule has 5 heterocycles. The number of anilines is 2. The quantitative estimate of drug-likeness (QED) is 0.151. The van der Waals surface area contributed by atoms with Crippen LogP contribution in [0.5, 0.6) is 0 Å². The molecule has 4 aliphatic heterocycles. The number of H-pyrrole nitrogens is 1. The highest BCUT2D eigenvalue weighted by Crippen LogP contribution is 2.54. The van der Waals surface area contributed by atoms with E-state index in [1.165, 1.54) is 0 Å². The van der Waals surface area contributed by atoms with Gasteiger partial charge in [0.1, 0.15) is 5.69 Å². The highest BCUT2D eigenvalue weighted by molar-refractivity contribution is 6.35. The van der Waals surface area contributed by atoms with Crippen LogP contribution in [0.15, 0.2) is 91.1 Å². The van der Waals surface area contributed by atoms with Gasteiger partial charge in [-0.2, -0.15) is 0 Å². The van der Waals surface area contributed by atoms with Crippen LogP contribution in [-0.4, -0.2) is 64.2 Å². The van der Waals surface area contributed by atoms with Crippen LogP contribution >= 0.6 is 34.8 Å². The summed E-state index contributed by atoms with van der Waals surface area (Å²) in [5.74, 6) is -0.225. The number of amides is 2. The second kappa shape index (κ2) is 15.4. The second-order valence-corrected chi connectivity index (χ2v) is 16.5. The Kier molecular flexibility index (Phi) is 10.2. The van der Waals surface area contributed by atoms with Gasteiger partial charge in [-0.3, -0.25) is 4.79 Å². The van der Waals surface area contributed by atoms with Crippen LogP contribution in [0.25, 0.3) is 22.2 Å². The molecule has 0 aliphatic carbocycles. The van der Waals surface area contributed by atoms with Crippen molar-refractivity contribution in [1.29, 1.82) is 0 Å². The van der Waals surface area contributed by atoms with Crippen molar-refractivity contribution in [3.8, 4) is 0 Å². The molecule has 9 rings (SSSR count). The number of fused-ring (bicyclic) bond motifs is 2. The Morgan fingerprint density at radius 2 is 1.75 bits per heavy atom. The van der Waals surface area contributed by atoms with Crippen LogP contribution in [0.3, 0.4) is 0 Å². The lowest BCUT2D eigenvalue weighted by Gasteiger charge is -2.40. The van der Waals surface area contributed by atoms with Gasteiger partial charge in [-0.25, -0.2) is 4.79 Å². The van der Waals surface area contributed by atoms with Crippen molar-refractivity contribution in [1.82, 2.24) is 14.8 Å². The summed E-state index contributed by atoms with van der Waals surface area (Å²) in [6.45, 7) is 4.60. The third-order valence-electron chi connectivity index (χ3n) is 11.8. The van der Waals surface area contributed by atoms with Gasteiger partial charge in [-0.1, -0.05) is 90.3 Å². The van der Waals surface area contributed by atoms with Crippen molar-refractivity contribution in [2.24, 2.45) is 5.92 Å². The van der Waals surface area contributed by atoms with Gasteiger partial charge in [-0.05, 0) is 95.8 Å². The smallest absolute Gasteiger partial charge is 0.410 e. The zero-order valence-corrected chi connectivity index (χ0v) is 33.7. The molecule has 4 aromatic carbocycles. The number of cyclic esters (lactones) is 1. The molecule has 292 valence electrons. The third-order valence-corrected chi connectivity index (χ3v) is 12.6. The van der Waals surface area contributed by atoms with Gasteiger partial charge < -0.3 is 34.8 Å². The van der Waals surface area contributed by atoms with E-state index >= 15 is 4.79 Å². The fourth-order valence-electron chi connectivity index (χ4n) is 9.16. The number of allylic oxidation sites excluding steroid dienone is 2. The summed E-state index contributed by atoms with van der Waals surface area (Å²) in [5.41, 5.74) is 8.88. The Morgan fingerprint density at radius 1 is 0.947 bits per heavy atom. The van der Waals surface area contributed by atoms with E-state index < -0.39 is 0 Å². The lowest BCUT2D eigenvalue weighted by Crippen LogP contribution is -2.50. The van der Waals surface area contributed by atoms with Crippen LogP contribution in [0.1, 0.15) is 77.0 Å². The number of rotatable bonds is 7. The zero-order valence-electron chi connectivity index (χ0n) is 31.4. The van der Waals surface area contributed by atoms with Crippen LogP contribution in [0.4, 0.5) is 16.2 Å². The molecule has 2 unspecified atom stereocenters. The number of benzene rings is 4. The monoisotopic (exact) mass is 821 g/mol. The van der Waals surface area contributed by atoms with Crippen LogP contribution in [0, 0.1) is 5.92 Å². The molecule has 3 N–H and O–H groups in total. The molecule has 1 aromatic heterocycles. The topological polar surface area (TPSA) is 101 Å². The molecule has 0 spiro atoms. The van der Waals surface area contributed by atoms with Crippen molar-refractivity contribution >= 4 is 80.4 Å². The van der Waals surface area contributed by atoms with Gasteiger partial charge in [0.25, 0.3) is 5.91 Å². The first kappa shape index (κ1) is 37.6. The van der Waals surface area contributed by atoms with Crippen molar-refractivity contribution in [3.05, 3.63) is 140 Å². The second-order valence-electron chi connectivity index (χ2n) is 15.3. The summed E-state index contributed by atoms with van der Waals surface area (Å²) in [7, 11) is 0. The minimum atomic E-state index is -0.381. The summed E-state index contributed by atoms with van der Waals surface area (Å²) in [5, 5.41) is 16.0. The molecular formula is C45H42Cl3N5O4. The van der Waals surface area contributed by atoms with E-state index in [1.54, 1.807) is 6.07 Å². The van der Waals surface area contributed by atoms with E-state index in [0.29, 0.717) is 58.3 Å². The average Bonchev–Trinajstić information content (AvgIpc) is 3.50. The standard InChI is InChI=1S/C45H42Cl3N5O4/c1-26-7-5-16-53-42(32-12-11-29(46)23-34(32)48)33-22-30(47)24-36-39(33)40(43(53)38(26)28-8-3-2-4-9-28)41(49-36)44(55)50-35-21-27(25-54)10-13-37(35)51-18-14-31(15-19-51)52-17-6-20-57-45(52)56/h2-5,8-13,16,21-24,26,31,42,49,54H,6-7,14-15,17-20,25H2,1H3,(H,50,55). The molecule has 2 fully saturated rings. The predicted molar refractivity (Wildman–Crippen MR) is 228 cm³/mol. The number of aromatic amines is 1. The number of aliphatic hydroxyl groups is 1. The van der Waals surface area contributed by atoms with Crippen molar-refractivity contribution < 1.29 is 19.4 Å². The maximum atomic E-state index is 15.0. The summed E-state index contributed by atoms with van der Waals surface area (Å²) < 4.78 is 5.33. The van der Waals surface area contributed by atoms with Crippen molar-refractivity contribution in [2.75, 3.05) is 36.5 Å². The molecule has 2 amide bonds. The minimum Gasteiger partial charge on any atom is -0.449 e. The molecule has 57 heavy (non-hydrogen) atoms. The van der Waals surface area contributed by atoms with Gasteiger partial charge >= 0.3 is 6.09 Å². The van der Waals surface area contributed by atoms with Crippen molar-refractivity contribution in [2.45, 2.75) is 51.3 Å². The first-order valence-corrected chi connectivity index (χ1v) is 20.6. The summed E-state index contributed by atoms with van der Waals surface area (Å²) in [4.78, 5) is 37.4. The number of aromatic nitrogens is 1. The highest BCUT2D eigenvalue weighted by Gasteiger charge is 2.40. The zero-order chi connectivity index (χ0) is 39.4. The number of piperidine rings is 1. The third kappa shape index (κ3) is 6.84. The molecule has 0 saturated carbocycles. The molecular weight excluding hydrogens is 781 g/mol. The van der Waals surface area contributed by atoms with E-state index in [0.717, 1.165) is 75.8 Å². The van der Waals surface area contributed by atoms with Gasteiger partial charge in [0.2, 0.25) is 0 Å². The number of nitrogens with zero attached hydrogens (tertiary/aromatic N) is 3. The summed E-state index contributed by atoms with van der Waals surface area (Å²) in [6, 6.07) is 25.2. The van der Waals surface area contributed by atoms with Crippen LogP contribution in [0.2, 0.25) is 15.1 Å². The first-order chi connectivity index (χ1) is 27.7. The molecule has 5 aromatic rings. The number of ether oxygens (including phenoxy) is 1. The van der Waals surface area contributed by atoms with E-state index in [-0.39, 0.29) is 36.6 Å². The SMILES string of the molecule is CC1CC=CN2C(=C1c1ccccc1)c1c(C(=O)Nc3cc(CO)ccc3N3CCC(N4CCCOC4=O)CC3)[nH]c3cc(Cl)cc(c13)C2c1ccc(Cl)cc1Cl. The van der Waals surface area contributed by atoms with E-state index in [1.807, 2.05) is 65.6 Å². The van der Waals surface area contributed by atoms with E-state index in [4.69, 9.17) is 39.5 Å². The molecule has 0 radical (unpaired) electrons. The largest absolute Gasteiger partial charge is 0.449 e. The number of halogens is 3. The Labute approximate surface area is 346 Å². The molecule has 12 heteroatoms. The normalized spacial score (nSPS) is 19.8. The average molecular weight is 823 g/mol. The number of hydrogen-bond acceptors (Lipinski definition) is 6. The summed E-state index contributed by atoms with van der Waals surface area (Å²) >= 11 is 20.3. The predicted octanol–water partition coefficient (Wildman–Crippen LogP) is 10.5. The van der Waals surface area contributed by atoms with Crippen LogP contribution < -0.4 is 10.2 Å². The first-order valence-electron chi connectivity index (χ1n) is 19.5. The maximum absolute atomic E-state index is 15.0. The highest BCUT2D eigenvalue weighted by atomic mass is 35.5. The molecule has 9 nitrogen and oxygen atoms in total. The molecule has 4 aliphatic rings. The number of nitrogens with one attached hydrogen (secondary N) is 2. The fraction of sp³-hybridized carbons (Fsp3) is 0.289. The number of hydrogen-bond donors (Lipinski definition) is 3. The number of carbonyl (C=O) groups excluding carboxylic acids is 2. The molecule has 2 saturated heterocycles. The Balaban J connectivity index is 1.18. The maximum Gasteiger partial charge on any atom is 0.410 e. The Hall–Kier alpha value is -4.93. The van der Waals surface area contributed by atoms with E-state index in [9.17, 15) is 9.90 Å². The van der Waals surface area contributed by atoms with Crippen LogP contribution in [-0.2, 0) is 11.3 Å². The summed E-state index contributed by atoms with van der Waals surface area (Å²) in [6.07, 6.45) is 7.22. The van der Waals surface area contributed by atoms with Crippen molar-refractivity contribution in [3.63, 3.8) is 0 Å². The Morgan fingerprint density at radius 3 is 2.51 bits per heavy atom. The lowest BCUT2D eigenvalue weighted by molar-refractivity contribution is 0.0499. The number of aliphatic hydroxyl groups excluding tert-OH is 1. The number of carbonyl (C=O) groups is 2. The Bertz CT molecular complexity index is 2460. The molecule has 2 atom stereocenters. The van der Waals surface area contributed by atoms with E-state index in [2.05, 4.69) is 51.4 Å². The van der Waals surface area contributed by atoms with Gasteiger partial charge in [0.15, 0.2) is 0 Å². The molecule has 0 bridgehead atoms.